The number of carbonyl (C=O) groups is 3. The van der Waals surface area contributed by atoms with Crippen molar-refractivity contribution < 1.29 is 28.6 Å². The summed E-state index contributed by atoms with van der Waals surface area (Å²) in [7, 11) is 3.66. The molecule has 6 heteroatoms. The predicted octanol–water partition coefficient (Wildman–Crippen LogP) is 0.458. The number of hydrogen-bond donors (Lipinski definition) is 0. The first-order valence-corrected chi connectivity index (χ1v) is 4.97. The van der Waals surface area contributed by atoms with Crippen molar-refractivity contribution in [1.29, 1.82) is 0 Å². The van der Waals surface area contributed by atoms with Crippen LogP contribution in [0.3, 0.4) is 0 Å². The minimum atomic E-state index is -0.965. The molecule has 0 aliphatic carbocycles. The summed E-state index contributed by atoms with van der Waals surface area (Å²) in [4.78, 5) is 33.3. The van der Waals surface area contributed by atoms with Crippen molar-refractivity contribution in [2.75, 3.05) is 21.3 Å². The van der Waals surface area contributed by atoms with Crippen LogP contribution in [0, 0.1) is 5.92 Å². The summed E-state index contributed by atoms with van der Waals surface area (Å²) in [5.74, 6) is -2.75. The maximum absolute atomic E-state index is 11.3. The lowest BCUT2D eigenvalue weighted by Gasteiger charge is -2.10. The van der Waals surface area contributed by atoms with E-state index in [1.54, 1.807) is 0 Å². The van der Waals surface area contributed by atoms with Gasteiger partial charge < -0.3 is 14.2 Å². The van der Waals surface area contributed by atoms with Crippen molar-refractivity contribution in [3.8, 4) is 0 Å². The van der Waals surface area contributed by atoms with Gasteiger partial charge in [0.15, 0.2) is 5.92 Å². The van der Waals surface area contributed by atoms with Crippen LogP contribution in [0.1, 0.15) is 12.8 Å². The largest absolute Gasteiger partial charge is 0.468 e. The average Bonchev–Trinajstić information content (AvgIpc) is 2.36. The predicted molar refractivity (Wildman–Crippen MR) is 57.9 cm³/mol. The van der Waals surface area contributed by atoms with Gasteiger partial charge >= 0.3 is 17.9 Å². The molecule has 0 rings (SSSR count). The quantitative estimate of drug-likeness (QED) is 0.292. The molecule has 0 unspecified atom stereocenters. The number of hydrogen-bond acceptors (Lipinski definition) is 6. The van der Waals surface area contributed by atoms with Gasteiger partial charge in [-0.25, -0.2) is 4.79 Å². The molecule has 0 aromatic rings. The molecule has 0 aliphatic rings. The van der Waals surface area contributed by atoms with Crippen molar-refractivity contribution in [2.45, 2.75) is 12.8 Å². The Kier molecular flexibility index (Phi) is 7.41. The monoisotopic (exact) mass is 244 g/mol. The van der Waals surface area contributed by atoms with Crippen LogP contribution in [0.4, 0.5) is 0 Å². The topological polar surface area (TPSA) is 78.9 Å². The van der Waals surface area contributed by atoms with Gasteiger partial charge in [-0.1, -0.05) is 6.08 Å². The average molecular weight is 244 g/mol. The van der Waals surface area contributed by atoms with Crippen LogP contribution in [0.25, 0.3) is 0 Å². The van der Waals surface area contributed by atoms with Crippen molar-refractivity contribution in [1.82, 2.24) is 0 Å². The molecule has 0 amide bonds. The van der Waals surface area contributed by atoms with E-state index in [9.17, 15) is 14.4 Å². The molecule has 96 valence electrons. The third kappa shape index (κ3) is 5.70. The number of carbonyl (C=O) groups excluding carboxylic acids is 3. The van der Waals surface area contributed by atoms with Crippen LogP contribution in [-0.2, 0) is 28.6 Å². The Balaban J connectivity index is 4.27. The zero-order valence-corrected chi connectivity index (χ0v) is 10.1. The highest BCUT2D eigenvalue weighted by Gasteiger charge is 2.27. The van der Waals surface area contributed by atoms with Gasteiger partial charge in [-0.3, -0.25) is 9.59 Å². The summed E-state index contributed by atoms with van der Waals surface area (Å²) < 4.78 is 13.3. The second-order valence-corrected chi connectivity index (χ2v) is 3.10. The lowest BCUT2D eigenvalue weighted by Crippen LogP contribution is -2.26. The first-order chi connectivity index (χ1) is 8.06. The van der Waals surface area contributed by atoms with Crippen molar-refractivity contribution in [3.63, 3.8) is 0 Å². The Labute approximate surface area is 99.5 Å². The molecule has 0 fully saturated rings. The van der Waals surface area contributed by atoms with E-state index in [1.165, 1.54) is 33.5 Å². The molecule has 17 heavy (non-hydrogen) atoms. The van der Waals surface area contributed by atoms with E-state index in [0.717, 1.165) is 0 Å². The number of methoxy groups -OCH3 is 3. The number of allylic oxidation sites excluding steroid dienone is 1. The molecular formula is C11H16O6. The van der Waals surface area contributed by atoms with E-state index in [0.29, 0.717) is 6.42 Å². The van der Waals surface area contributed by atoms with Crippen LogP contribution < -0.4 is 0 Å². The molecule has 0 saturated carbocycles. The molecule has 0 bridgehead atoms. The highest BCUT2D eigenvalue weighted by atomic mass is 16.5. The van der Waals surface area contributed by atoms with Gasteiger partial charge in [0, 0.05) is 6.08 Å². The Morgan fingerprint density at radius 3 is 1.94 bits per heavy atom. The van der Waals surface area contributed by atoms with Crippen molar-refractivity contribution >= 4 is 17.9 Å². The van der Waals surface area contributed by atoms with Gasteiger partial charge in [-0.2, -0.15) is 0 Å². The zero-order valence-electron chi connectivity index (χ0n) is 10.1. The summed E-state index contributed by atoms with van der Waals surface area (Å²) >= 11 is 0. The SMILES string of the molecule is COC(=O)/C=C/CCC(C(=O)OC)C(=O)OC. The Bertz CT molecular complexity index is 291. The first kappa shape index (κ1) is 15.2. The van der Waals surface area contributed by atoms with Crippen LogP contribution in [0.2, 0.25) is 0 Å². The summed E-state index contributed by atoms with van der Waals surface area (Å²) in [6.45, 7) is 0. The van der Waals surface area contributed by atoms with E-state index in [4.69, 9.17) is 0 Å². The van der Waals surface area contributed by atoms with Gasteiger partial charge in [0.2, 0.25) is 0 Å². The molecule has 0 atom stereocenters. The summed E-state index contributed by atoms with van der Waals surface area (Å²) in [6.07, 6.45) is 3.33. The molecule has 0 heterocycles. The lowest BCUT2D eigenvalue weighted by atomic mass is 10.0. The van der Waals surface area contributed by atoms with Crippen LogP contribution in [0.15, 0.2) is 12.2 Å². The van der Waals surface area contributed by atoms with Gasteiger partial charge in [0.05, 0.1) is 21.3 Å². The Morgan fingerprint density at radius 1 is 1.00 bits per heavy atom. The van der Waals surface area contributed by atoms with E-state index in [-0.39, 0.29) is 6.42 Å². The standard InChI is InChI=1S/C11H16O6/c1-15-9(12)7-5-4-6-8(10(13)16-2)11(14)17-3/h5,7-8H,4,6H2,1-3H3/b7-5+. The van der Waals surface area contributed by atoms with Crippen LogP contribution in [0.5, 0.6) is 0 Å². The Hall–Kier alpha value is -1.85. The van der Waals surface area contributed by atoms with E-state index < -0.39 is 23.8 Å². The first-order valence-electron chi connectivity index (χ1n) is 4.97. The second kappa shape index (κ2) is 8.32. The highest BCUT2D eigenvalue weighted by Crippen LogP contribution is 2.11. The molecule has 0 radical (unpaired) electrons. The van der Waals surface area contributed by atoms with Gasteiger partial charge in [-0.15, -0.1) is 0 Å². The molecular weight excluding hydrogens is 228 g/mol. The van der Waals surface area contributed by atoms with Gasteiger partial charge in [0.1, 0.15) is 0 Å². The number of ether oxygens (including phenoxy) is 3. The molecule has 0 aliphatic heterocycles. The molecule has 0 saturated heterocycles. The molecule has 0 aromatic carbocycles. The molecule has 6 nitrogen and oxygen atoms in total. The number of esters is 3. The summed E-state index contributed by atoms with van der Waals surface area (Å²) in [6, 6.07) is 0. The van der Waals surface area contributed by atoms with E-state index in [2.05, 4.69) is 14.2 Å². The third-order valence-corrected chi connectivity index (χ3v) is 2.05. The van der Waals surface area contributed by atoms with Crippen molar-refractivity contribution in [3.05, 3.63) is 12.2 Å². The van der Waals surface area contributed by atoms with Crippen LogP contribution in [-0.4, -0.2) is 39.2 Å². The van der Waals surface area contributed by atoms with Gasteiger partial charge in [0.25, 0.3) is 0 Å². The molecule has 0 aromatic heterocycles. The van der Waals surface area contributed by atoms with Gasteiger partial charge in [-0.05, 0) is 12.8 Å². The van der Waals surface area contributed by atoms with E-state index in [1.807, 2.05) is 0 Å². The Morgan fingerprint density at radius 2 is 1.53 bits per heavy atom. The smallest absolute Gasteiger partial charge is 0.330 e. The normalized spacial score (nSPS) is 10.4. The fourth-order valence-corrected chi connectivity index (χ4v) is 1.13. The van der Waals surface area contributed by atoms with Crippen molar-refractivity contribution in [2.24, 2.45) is 5.92 Å². The minimum Gasteiger partial charge on any atom is -0.468 e. The number of rotatable bonds is 6. The molecule has 0 N–H and O–H groups in total. The fourth-order valence-electron chi connectivity index (χ4n) is 1.13. The van der Waals surface area contributed by atoms with Crippen LogP contribution >= 0.6 is 0 Å². The minimum absolute atomic E-state index is 0.215. The second-order valence-electron chi connectivity index (χ2n) is 3.10. The van der Waals surface area contributed by atoms with E-state index >= 15 is 0 Å². The zero-order chi connectivity index (χ0) is 13.3. The molecule has 0 spiro atoms. The fraction of sp³-hybridized carbons (Fsp3) is 0.545. The summed E-state index contributed by atoms with van der Waals surface area (Å²) in [5, 5.41) is 0. The maximum atomic E-state index is 11.3. The summed E-state index contributed by atoms with van der Waals surface area (Å²) in [5.41, 5.74) is 0. The third-order valence-electron chi connectivity index (χ3n) is 2.05. The lowest BCUT2D eigenvalue weighted by molar-refractivity contribution is -0.159. The maximum Gasteiger partial charge on any atom is 0.330 e. The highest BCUT2D eigenvalue weighted by molar-refractivity contribution is 5.94.